The van der Waals surface area contributed by atoms with Gasteiger partial charge in [-0.15, -0.1) is 0 Å². The summed E-state index contributed by atoms with van der Waals surface area (Å²) in [6, 6.07) is 13.5. The summed E-state index contributed by atoms with van der Waals surface area (Å²) in [6.45, 7) is 3.61. The van der Waals surface area contributed by atoms with Crippen molar-refractivity contribution in [2.75, 3.05) is 17.2 Å². The third-order valence-electron chi connectivity index (χ3n) is 5.85. The van der Waals surface area contributed by atoms with E-state index in [9.17, 15) is 9.59 Å². The second-order valence-corrected chi connectivity index (χ2v) is 7.92. The number of benzene rings is 2. The number of nitrogen functional groups attached to an aromatic ring is 1. The highest BCUT2D eigenvalue weighted by molar-refractivity contribution is 6.07. The number of hydrogen-bond donors (Lipinski definition) is 1. The Balaban J connectivity index is 1.54. The van der Waals surface area contributed by atoms with Gasteiger partial charge in [0.05, 0.1) is 5.52 Å². The number of fused-ring (bicyclic) bond motifs is 2. The predicted octanol–water partition coefficient (Wildman–Crippen LogP) is 3.13. The number of rotatable bonds is 4. The van der Waals surface area contributed by atoms with Crippen molar-refractivity contribution in [1.29, 1.82) is 0 Å². The van der Waals surface area contributed by atoms with Crippen LogP contribution in [0.4, 0.5) is 11.6 Å². The Morgan fingerprint density at radius 3 is 2.43 bits per heavy atom. The zero-order chi connectivity index (χ0) is 20.8. The average Bonchev–Trinajstić information content (AvgIpc) is 3.51. The minimum atomic E-state index is -0.181. The molecule has 152 valence electrons. The lowest BCUT2D eigenvalue weighted by Gasteiger charge is -2.22. The number of aromatic nitrogens is 2. The zero-order valence-corrected chi connectivity index (χ0v) is 16.8. The van der Waals surface area contributed by atoms with Gasteiger partial charge in [-0.2, -0.15) is 0 Å². The first kappa shape index (κ1) is 18.5. The van der Waals surface area contributed by atoms with Crippen LogP contribution in [0.5, 0.6) is 0 Å². The van der Waals surface area contributed by atoms with E-state index < -0.39 is 0 Å². The fourth-order valence-electron chi connectivity index (χ4n) is 4.11. The molecule has 1 fully saturated rings. The van der Waals surface area contributed by atoms with E-state index in [0.29, 0.717) is 30.5 Å². The molecule has 1 aromatic heterocycles. The maximum absolute atomic E-state index is 13.4. The third-order valence-corrected chi connectivity index (χ3v) is 5.85. The number of nitrogens with zero attached hydrogens (tertiary/aromatic N) is 4. The number of anilines is 2. The summed E-state index contributed by atoms with van der Waals surface area (Å²) in [4.78, 5) is 38.2. The van der Waals surface area contributed by atoms with Crippen molar-refractivity contribution in [2.45, 2.75) is 32.9 Å². The molecule has 5 rings (SSSR count). The van der Waals surface area contributed by atoms with E-state index in [4.69, 9.17) is 5.73 Å². The minimum Gasteiger partial charge on any atom is -0.368 e. The zero-order valence-electron chi connectivity index (χ0n) is 16.8. The van der Waals surface area contributed by atoms with E-state index in [2.05, 4.69) is 9.97 Å². The predicted molar refractivity (Wildman–Crippen MR) is 115 cm³/mol. The van der Waals surface area contributed by atoms with Gasteiger partial charge < -0.3 is 15.5 Å². The Bertz CT molecular complexity index is 1150. The molecule has 0 atom stereocenters. The molecule has 7 nitrogen and oxygen atoms in total. The van der Waals surface area contributed by atoms with E-state index in [0.717, 1.165) is 29.7 Å². The number of amides is 2. The molecule has 7 heteroatoms. The fraction of sp³-hybridized carbons (Fsp3) is 0.304. The highest BCUT2D eigenvalue weighted by atomic mass is 16.2. The summed E-state index contributed by atoms with van der Waals surface area (Å²) in [7, 11) is 0. The molecular formula is C23H23N5O2. The summed E-state index contributed by atoms with van der Waals surface area (Å²) < 4.78 is 0. The molecule has 2 N–H and O–H groups in total. The Morgan fingerprint density at radius 1 is 1.10 bits per heavy atom. The first-order valence-corrected chi connectivity index (χ1v) is 10.3. The largest absolute Gasteiger partial charge is 0.368 e. The van der Waals surface area contributed by atoms with Gasteiger partial charge >= 0.3 is 0 Å². The van der Waals surface area contributed by atoms with Crippen molar-refractivity contribution in [3.05, 3.63) is 59.3 Å². The molecule has 0 saturated heterocycles. The van der Waals surface area contributed by atoms with E-state index in [1.165, 1.54) is 0 Å². The standard InChI is InChI=1S/C23H23N5O2/c1-2-28(21(29)14-7-8-14)17-9-10-19-18(11-17)20(26-23(24)25-19)22(30)27-12-15-5-3-4-6-16(15)13-27/h3-6,9-11,14H,2,7-8,12-13H2,1H3,(H2,24,25,26). The lowest BCUT2D eigenvalue weighted by atomic mass is 10.1. The normalized spacial score (nSPS) is 15.3. The second kappa shape index (κ2) is 7.09. The van der Waals surface area contributed by atoms with Gasteiger partial charge in [0.25, 0.3) is 5.91 Å². The highest BCUT2D eigenvalue weighted by Crippen LogP contribution is 2.34. The molecule has 1 aliphatic heterocycles. The summed E-state index contributed by atoms with van der Waals surface area (Å²) in [5.74, 6) is 0.138. The van der Waals surface area contributed by atoms with Crippen molar-refractivity contribution in [1.82, 2.24) is 14.9 Å². The Hall–Kier alpha value is -3.48. The summed E-state index contributed by atoms with van der Waals surface area (Å²) in [6.07, 6.45) is 1.89. The SMILES string of the molecule is CCN(C(=O)C1CC1)c1ccc2nc(N)nc(C(=O)N3Cc4ccccc4C3)c2c1. The number of carbonyl (C=O) groups excluding carboxylic acids is 2. The van der Waals surface area contributed by atoms with Crippen molar-refractivity contribution < 1.29 is 9.59 Å². The Kier molecular flexibility index (Phi) is 4.38. The molecule has 1 saturated carbocycles. The van der Waals surface area contributed by atoms with Crippen LogP contribution in [0.25, 0.3) is 10.9 Å². The smallest absolute Gasteiger partial charge is 0.273 e. The molecule has 2 heterocycles. The lowest BCUT2D eigenvalue weighted by Crippen LogP contribution is -2.32. The molecule has 0 unspecified atom stereocenters. The summed E-state index contributed by atoms with van der Waals surface area (Å²) in [5.41, 5.74) is 9.83. The van der Waals surface area contributed by atoms with Gasteiger partial charge in [0.2, 0.25) is 11.9 Å². The van der Waals surface area contributed by atoms with Crippen LogP contribution in [0.1, 0.15) is 41.4 Å². The Labute approximate surface area is 174 Å². The quantitative estimate of drug-likeness (QED) is 0.725. The van der Waals surface area contributed by atoms with Crippen LogP contribution in [0, 0.1) is 5.92 Å². The van der Waals surface area contributed by atoms with Crippen molar-refractivity contribution in [2.24, 2.45) is 5.92 Å². The lowest BCUT2D eigenvalue weighted by molar-refractivity contribution is -0.119. The molecule has 30 heavy (non-hydrogen) atoms. The van der Waals surface area contributed by atoms with E-state index in [1.807, 2.05) is 43.3 Å². The average molecular weight is 401 g/mol. The summed E-state index contributed by atoms with van der Waals surface area (Å²) in [5, 5.41) is 0.615. The van der Waals surface area contributed by atoms with Crippen molar-refractivity contribution in [3.8, 4) is 0 Å². The minimum absolute atomic E-state index is 0.0664. The first-order valence-electron chi connectivity index (χ1n) is 10.3. The van der Waals surface area contributed by atoms with Crippen LogP contribution in [-0.2, 0) is 17.9 Å². The van der Waals surface area contributed by atoms with Crippen molar-refractivity contribution in [3.63, 3.8) is 0 Å². The first-order chi connectivity index (χ1) is 14.5. The monoisotopic (exact) mass is 401 g/mol. The molecule has 2 aromatic carbocycles. The number of nitrogens with two attached hydrogens (primary N) is 1. The van der Waals surface area contributed by atoms with Gasteiger partial charge in [0, 0.05) is 36.6 Å². The maximum Gasteiger partial charge on any atom is 0.273 e. The molecule has 0 spiro atoms. The fourth-order valence-corrected chi connectivity index (χ4v) is 4.11. The van der Waals surface area contributed by atoms with Crippen LogP contribution < -0.4 is 10.6 Å². The van der Waals surface area contributed by atoms with E-state index in [-0.39, 0.29) is 29.4 Å². The molecular weight excluding hydrogens is 378 g/mol. The Morgan fingerprint density at radius 2 is 1.80 bits per heavy atom. The van der Waals surface area contributed by atoms with E-state index in [1.54, 1.807) is 15.9 Å². The maximum atomic E-state index is 13.4. The second-order valence-electron chi connectivity index (χ2n) is 7.92. The summed E-state index contributed by atoms with van der Waals surface area (Å²) >= 11 is 0. The third kappa shape index (κ3) is 3.16. The van der Waals surface area contributed by atoms with Crippen LogP contribution in [0.2, 0.25) is 0 Å². The van der Waals surface area contributed by atoms with Gasteiger partial charge in [0.15, 0.2) is 0 Å². The molecule has 0 radical (unpaired) electrons. The van der Waals surface area contributed by atoms with Gasteiger partial charge in [-0.3, -0.25) is 9.59 Å². The topological polar surface area (TPSA) is 92.4 Å². The van der Waals surface area contributed by atoms with Gasteiger partial charge in [0.1, 0.15) is 5.69 Å². The number of carbonyl (C=O) groups is 2. The van der Waals surface area contributed by atoms with Crippen LogP contribution in [0.15, 0.2) is 42.5 Å². The molecule has 2 aliphatic rings. The number of hydrogen-bond acceptors (Lipinski definition) is 5. The molecule has 3 aromatic rings. The van der Waals surface area contributed by atoms with Crippen LogP contribution in [0.3, 0.4) is 0 Å². The molecule has 0 bridgehead atoms. The van der Waals surface area contributed by atoms with Gasteiger partial charge in [-0.25, -0.2) is 9.97 Å². The molecule has 2 amide bonds. The van der Waals surface area contributed by atoms with Crippen molar-refractivity contribution >= 4 is 34.4 Å². The van der Waals surface area contributed by atoms with Crippen LogP contribution >= 0.6 is 0 Å². The highest BCUT2D eigenvalue weighted by Gasteiger charge is 2.34. The van der Waals surface area contributed by atoms with Crippen LogP contribution in [-0.4, -0.2) is 33.2 Å². The van der Waals surface area contributed by atoms with E-state index >= 15 is 0 Å². The molecule has 1 aliphatic carbocycles. The van der Waals surface area contributed by atoms with Gasteiger partial charge in [-0.1, -0.05) is 24.3 Å². The van der Waals surface area contributed by atoms with Gasteiger partial charge in [-0.05, 0) is 49.1 Å².